The molecular formula is C15H20N2. The second-order valence-corrected chi connectivity index (χ2v) is 5.24. The van der Waals surface area contributed by atoms with E-state index >= 15 is 0 Å². The first-order valence-corrected chi connectivity index (χ1v) is 6.80. The molecule has 2 unspecified atom stereocenters. The lowest BCUT2D eigenvalue weighted by Crippen LogP contribution is -2.18. The Bertz CT molecular complexity index is 500. The fourth-order valence-corrected chi connectivity index (χ4v) is 3.16. The standard InChI is InChI=1S/C15H20N2/c1-2-12-6-5-7-13(10-12)17-11-16-14-8-3-4-9-15(14)17/h3-4,8-9,11-13H,2,5-7,10H2,1H3. The van der Waals surface area contributed by atoms with Crippen molar-refractivity contribution in [2.24, 2.45) is 5.92 Å². The highest BCUT2D eigenvalue weighted by atomic mass is 15.1. The number of fused-ring (bicyclic) bond motifs is 1. The number of nitrogens with zero attached hydrogens (tertiary/aromatic N) is 2. The first-order chi connectivity index (χ1) is 8.38. The van der Waals surface area contributed by atoms with Crippen molar-refractivity contribution in [1.29, 1.82) is 0 Å². The minimum Gasteiger partial charge on any atom is -0.327 e. The van der Waals surface area contributed by atoms with Gasteiger partial charge in [0.25, 0.3) is 0 Å². The Kier molecular flexibility index (Phi) is 2.87. The summed E-state index contributed by atoms with van der Waals surface area (Å²) in [5.41, 5.74) is 2.43. The second kappa shape index (κ2) is 4.52. The molecule has 1 aliphatic carbocycles. The number of benzene rings is 1. The lowest BCUT2D eigenvalue weighted by molar-refractivity contribution is 0.265. The van der Waals surface area contributed by atoms with E-state index in [1.165, 1.54) is 37.6 Å². The summed E-state index contributed by atoms with van der Waals surface area (Å²) in [6.07, 6.45) is 8.79. The molecule has 2 heteroatoms. The van der Waals surface area contributed by atoms with E-state index in [4.69, 9.17) is 0 Å². The zero-order valence-electron chi connectivity index (χ0n) is 10.5. The lowest BCUT2D eigenvalue weighted by atomic mass is 9.84. The van der Waals surface area contributed by atoms with Crippen LogP contribution in [-0.2, 0) is 0 Å². The van der Waals surface area contributed by atoms with Gasteiger partial charge in [0.2, 0.25) is 0 Å². The fraction of sp³-hybridized carbons (Fsp3) is 0.533. The third-order valence-electron chi connectivity index (χ3n) is 4.21. The monoisotopic (exact) mass is 228 g/mol. The van der Waals surface area contributed by atoms with Crippen molar-refractivity contribution >= 4 is 11.0 Å². The summed E-state index contributed by atoms with van der Waals surface area (Å²) in [5, 5.41) is 0. The molecule has 0 bridgehead atoms. The summed E-state index contributed by atoms with van der Waals surface area (Å²) in [6, 6.07) is 9.14. The molecule has 0 spiro atoms. The lowest BCUT2D eigenvalue weighted by Gasteiger charge is -2.29. The molecule has 0 saturated heterocycles. The van der Waals surface area contributed by atoms with Gasteiger partial charge < -0.3 is 4.57 Å². The van der Waals surface area contributed by atoms with Gasteiger partial charge in [-0.3, -0.25) is 0 Å². The Hall–Kier alpha value is -1.31. The molecule has 90 valence electrons. The van der Waals surface area contributed by atoms with E-state index in [0.29, 0.717) is 6.04 Å². The summed E-state index contributed by atoms with van der Waals surface area (Å²) in [7, 11) is 0. The van der Waals surface area contributed by atoms with Crippen LogP contribution in [0.25, 0.3) is 11.0 Å². The highest BCUT2D eigenvalue weighted by Crippen LogP contribution is 2.35. The maximum Gasteiger partial charge on any atom is 0.0960 e. The van der Waals surface area contributed by atoms with Crippen LogP contribution in [-0.4, -0.2) is 9.55 Å². The minimum atomic E-state index is 0.668. The predicted octanol–water partition coefficient (Wildman–Crippen LogP) is 4.18. The summed E-state index contributed by atoms with van der Waals surface area (Å²) >= 11 is 0. The number of imidazole rings is 1. The molecule has 0 aliphatic heterocycles. The van der Waals surface area contributed by atoms with E-state index < -0.39 is 0 Å². The van der Waals surface area contributed by atoms with Crippen molar-refractivity contribution < 1.29 is 0 Å². The molecule has 1 heterocycles. The molecule has 2 nitrogen and oxygen atoms in total. The van der Waals surface area contributed by atoms with Gasteiger partial charge in [-0.25, -0.2) is 4.98 Å². The van der Waals surface area contributed by atoms with E-state index in [-0.39, 0.29) is 0 Å². The molecule has 0 radical (unpaired) electrons. The molecule has 1 aliphatic rings. The van der Waals surface area contributed by atoms with Gasteiger partial charge in [-0.1, -0.05) is 38.3 Å². The number of para-hydroxylation sites is 2. The van der Waals surface area contributed by atoms with Gasteiger partial charge in [-0.2, -0.15) is 0 Å². The Morgan fingerprint density at radius 1 is 1.29 bits per heavy atom. The van der Waals surface area contributed by atoms with Crippen LogP contribution in [0.15, 0.2) is 30.6 Å². The van der Waals surface area contributed by atoms with Gasteiger partial charge >= 0.3 is 0 Å². The highest BCUT2D eigenvalue weighted by Gasteiger charge is 2.22. The van der Waals surface area contributed by atoms with Crippen LogP contribution in [0.3, 0.4) is 0 Å². The van der Waals surface area contributed by atoms with Crippen LogP contribution in [0.5, 0.6) is 0 Å². The Morgan fingerprint density at radius 2 is 2.18 bits per heavy atom. The number of rotatable bonds is 2. The molecule has 1 saturated carbocycles. The van der Waals surface area contributed by atoms with Crippen LogP contribution in [0.2, 0.25) is 0 Å². The molecule has 3 rings (SSSR count). The molecule has 0 N–H and O–H groups in total. The average molecular weight is 228 g/mol. The highest BCUT2D eigenvalue weighted by molar-refractivity contribution is 5.75. The van der Waals surface area contributed by atoms with Gasteiger partial charge in [0, 0.05) is 6.04 Å². The zero-order valence-corrected chi connectivity index (χ0v) is 10.5. The minimum absolute atomic E-state index is 0.668. The second-order valence-electron chi connectivity index (χ2n) is 5.24. The molecule has 2 aromatic rings. The molecule has 1 fully saturated rings. The molecule has 17 heavy (non-hydrogen) atoms. The fourth-order valence-electron chi connectivity index (χ4n) is 3.16. The molecule has 1 aromatic carbocycles. The Morgan fingerprint density at radius 3 is 3.06 bits per heavy atom. The van der Waals surface area contributed by atoms with Crippen molar-refractivity contribution in [2.45, 2.75) is 45.1 Å². The van der Waals surface area contributed by atoms with Crippen LogP contribution < -0.4 is 0 Å². The van der Waals surface area contributed by atoms with Gasteiger partial charge in [-0.15, -0.1) is 0 Å². The molecule has 2 atom stereocenters. The topological polar surface area (TPSA) is 17.8 Å². The third-order valence-corrected chi connectivity index (χ3v) is 4.21. The van der Waals surface area contributed by atoms with Crippen LogP contribution >= 0.6 is 0 Å². The summed E-state index contributed by atoms with van der Waals surface area (Å²) in [4.78, 5) is 4.51. The normalized spacial score (nSPS) is 25.2. The van der Waals surface area contributed by atoms with Gasteiger partial charge in [0.15, 0.2) is 0 Å². The van der Waals surface area contributed by atoms with E-state index in [1.54, 1.807) is 0 Å². The number of hydrogen-bond acceptors (Lipinski definition) is 1. The SMILES string of the molecule is CCC1CCCC(n2cnc3ccccc32)C1. The van der Waals surface area contributed by atoms with Crippen molar-refractivity contribution in [2.75, 3.05) is 0 Å². The predicted molar refractivity (Wildman–Crippen MR) is 71.0 cm³/mol. The Balaban J connectivity index is 1.92. The van der Waals surface area contributed by atoms with Gasteiger partial charge in [0.1, 0.15) is 0 Å². The molecular weight excluding hydrogens is 208 g/mol. The molecule has 0 amide bonds. The zero-order chi connectivity index (χ0) is 11.7. The van der Waals surface area contributed by atoms with Gasteiger partial charge in [-0.05, 0) is 30.9 Å². The van der Waals surface area contributed by atoms with E-state index in [0.717, 1.165) is 11.4 Å². The third kappa shape index (κ3) is 1.97. The number of aromatic nitrogens is 2. The van der Waals surface area contributed by atoms with E-state index in [9.17, 15) is 0 Å². The van der Waals surface area contributed by atoms with Gasteiger partial charge in [0.05, 0.1) is 17.4 Å². The maximum atomic E-state index is 4.51. The van der Waals surface area contributed by atoms with Crippen molar-refractivity contribution in [3.63, 3.8) is 0 Å². The summed E-state index contributed by atoms with van der Waals surface area (Å²) < 4.78 is 2.40. The van der Waals surface area contributed by atoms with Crippen molar-refractivity contribution in [1.82, 2.24) is 9.55 Å². The van der Waals surface area contributed by atoms with E-state index in [1.807, 2.05) is 6.33 Å². The average Bonchev–Trinajstić information content (AvgIpc) is 2.82. The Labute approximate surface area is 103 Å². The van der Waals surface area contributed by atoms with Crippen molar-refractivity contribution in [3.05, 3.63) is 30.6 Å². The summed E-state index contributed by atoms with van der Waals surface area (Å²) in [5.74, 6) is 0.912. The first kappa shape index (κ1) is 10.8. The van der Waals surface area contributed by atoms with Crippen molar-refractivity contribution in [3.8, 4) is 0 Å². The van der Waals surface area contributed by atoms with Crippen LogP contribution in [0.1, 0.15) is 45.1 Å². The molecule has 1 aromatic heterocycles. The van der Waals surface area contributed by atoms with Crippen LogP contribution in [0.4, 0.5) is 0 Å². The maximum absolute atomic E-state index is 4.51. The smallest absolute Gasteiger partial charge is 0.0960 e. The van der Waals surface area contributed by atoms with E-state index in [2.05, 4.69) is 40.7 Å². The first-order valence-electron chi connectivity index (χ1n) is 6.80. The van der Waals surface area contributed by atoms with Crippen LogP contribution in [0, 0.1) is 5.92 Å². The quantitative estimate of drug-likeness (QED) is 0.754. The number of hydrogen-bond donors (Lipinski definition) is 0. The summed E-state index contributed by atoms with van der Waals surface area (Å²) in [6.45, 7) is 2.32. The largest absolute Gasteiger partial charge is 0.327 e.